The zero-order chi connectivity index (χ0) is 22.9. The molecule has 0 atom stereocenters. The summed E-state index contributed by atoms with van der Waals surface area (Å²) in [5.41, 5.74) is 4.51. The maximum absolute atomic E-state index is 13.2. The third-order valence-electron chi connectivity index (χ3n) is 5.77. The molecule has 1 N–H and O–H groups in total. The summed E-state index contributed by atoms with van der Waals surface area (Å²) in [6.07, 6.45) is 2.53. The van der Waals surface area contributed by atoms with Gasteiger partial charge in [0.1, 0.15) is 12.1 Å². The van der Waals surface area contributed by atoms with Crippen LogP contribution in [0.25, 0.3) is 38.3 Å². The molecule has 6 aromatic rings. The molecule has 3 heterocycles. The van der Waals surface area contributed by atoms with Gasteiger partial charge in [-0.25, -0.2) is 19.3 Å². The van der Waals surface area contributed by atoms with Gasteiger partial charge in [0.15, 0.2) is 22.8 Å². The molecule has 34 heavy (non-hydrogen) atoms. The molecule has 0 amide bonds. The molecular weight excluding hydrogens is 445 g/mol. The van der Waals surface area contributed by atoms with Crippen molar-refractivity contribution in [1.82, 2.24) is 19.5 Å². The fraction of sp³-hybridized carbons (Fsp3) is 0.0741. The lowest BCUT2D eigenvalue weighted by atomic mass is 10.1. The lowest BCUT2D eigenvalue weighted by Gasteiger charge is -2.10. The van der Waals surface area contributed by atoms with Crippen LogP contribution in [0.4, 0.5) is 10.2 Å². The van der Waals surface area contributed by atoms with E-state index in [2.05, 4.69) is 27.8 Å². The number of hydrogen-bond acceptors (Lipinski definition) is 5. The molecule has 0 aliphatic rings. The maximum atomic E-state index is 13.2. The zero-order valence-corrected chi connectivity index (χ0v) is 19.0. The second-order valence-corrected chi connectivity index (χ2v) is 8.88. The van der Waals surface area contributed by atoms with E-state index in [1.807, 2.05) is 47.0 Å². The summed E-state index contributed by atoms with van der Waals surface area (Å²) < 4.78 is 16.4. The Morgan fingerprint density at radius 1 is 0.882 bits per heavy atom. The molecule has 0 unspecified atom stereocenters. The minimum absolute atomic E-state index is 0.228. The third kappa shape index (κ3) is 3.80. The third-order valence-corrected chi connectivity index (χ3v) is 6.74. The van der Waals surface area contributed by atoms with Gasteiger partial charge in [-0.05, 0) is 42.3 Å². The smallest absolute Gasteiger partial charge is 0.170 e. The topological polar surface area (TPSA) is 55.6 Å². The lowest BCUT2D eigenvalue weighted by molar-refractivity contribution is 0.627. The molecule has 0 saturated carbocycles. The minimum atomic E-state index is -0.228. The fourth-order valence-electron chi connectivity index (χ4n) is 4.05. The highest BCUT2D eigenvalue weighted by Crippen LogP contribution is 2.34. The molecule has 0 aliphatic heterocycles. The number of aromatic nitrogens is 4. The number of nitrogens with one attached hydrogen (secondary N) is 1. The van der Waals surface area contributed by atoms with Crippen molar-refractivity contribution in [2.45, 2.75) is 6.42 Å². The molecule has 6 rings (SSSR count). The molecule has 0 saturated heterocycles. The van der Waals surface area contributed by atoms with E-state index >= 15 is 0 Å². The van der Waals surface area contributed by atoms with Crippen LogP contribution in [-0.4, -0.2) is 26.1 Å². The lowest BCUT2D eigenvalue weighted by Crippen LogP contribution is -2.08. The predicted octanol–water partition coefficient (Wildman–Crippen LogP) is 6.49. The summed E-state index contributed by atoms with van der Waals surface area (Å²) in [4.78, 5) is 14.5. The number of anilines is 1. The Morgan fingerprint density at radius 3 is 2.53 bits per heavy atom. The highest BCUT2D eigenvalue weighted by molar-refractivity contribution is 7.17. The van der Waals surface area contributed by atoms with E-state index in [9.17, 15) is 4.39 Å². The van der Waals surface area contributed by atoms with Crippen LogP contribution in [0.1, 0.15) is 5.56 Å². The van der Waals surface area contributed by atoms with Crippen LogP contribution in [0.5, 0.6) is 0 Å². The fourth-order valence-corrected chi connectivity index (χ4v) is 4.99. The van der Waals surface area contributed by atoms with Gasteiger partial charge >= 0.3 is 0 Å². The van der Waals surface area contributed by atoms with Gasteiger partial charge in [-0.15, -0.1) is 11.3 Å². The first-order valence-corrected chi connectivity index (χ1v) is 11.9. The Kier molecular flexibility index (Phi) is 5.24. The zero-order valence-electron chi connectivity index (χ0n) is 18.1. The molecule has 7 heteroatoms. The number of rotatable bonds is 6. The standard InChI is InChI=1S/C27H20FN5S/c28-19-12-10-18(11-13-19)14-15-29-26-24-27(33(17-30-24)20-6-2-1-3-7-20)32-25(31-26)22-16-34-23-9-5-4-8-21(22)23/h1-13,16-17H,14-15H2,(H,29,31,32). The summed E-state index contributed by atoms with van der Waals surface area (Å²) >= 11 is 1.69. The molecule has 0 spiro atoms. The van der Waals surface area contributed by atoms with Crippen LogP contribution < -0.4 is 5.32 Å². The second-order valence-electron chi connectivity index (χ2n) is 7.97. The Labute approximate surface area is 199 Å². The van der Waals surface area contributed by atoms with E-state index in [0.29, 0.717) is 23.7 Å². The van der Waals surface area contributed by atoms with Gasteiger partial charge in [-0.2, -0.15) is 0 Å². The van der Waals surface area contributed by atoms with E-state index in [1.54, 1.807) is 29.8 Å². The van der Waals surface area contributed by atoms with Gasteiger partial charge in [0.2, 0.25) is 0 Å². The summed E-state index contributed by atoms with van der Waals surface area (Å²) in [6, 6.07) is 24.9. The maximum Gasteiger partial charge on any atom is 0.170 e. The first kappa shape index (κ1) is 20.5. The predicted molar refractivity (Wildman–Crippen MR) is 136 cm³/mol. The van der Waals surface area contributed by atoms with Crippen molar-refractivity contribution in [3.05, 3.63) is 102 Å². The van der Waals surface area contributed by atoms with Crippen molar-refractivity contribution in [3.63, 3.8) is 0 Å². The van der Waals surface area contributed by atoms with Crippen LogP contribution in [0.2, 0.25) is 0 Å². The Balaban J connectivity index is 1.43. The molecule has 3 aromatic carbocycles. The van der Waals surface area contributed by atoms with Crippen molar-refractivity contribution < 1.29 is 4.39 Å². The number of nitrogens with zero attached hydrogens (tertiary/aromatic N) is 4. The molecule has 166 valence electrons. The van der Waals surface area contributed by atoms with Gasteiger partial charge in [0.05, 0.1) is 0 Å². The minimum Gasteiger partial charge on any atom is -0.368 e. The monoisotopic (exact) mass is 465 g/mol. The van der Waals surface area contributed by atoms with Crippen LogP contribution in [0, 0.1) is 5.82 Å². The van der Waals surface area contributed by atoms with E-state index in [1.165, 1.54) is 16.8 Å². The second kappa shape index (κ2) is 8.68. The normalized spacial score (nSPS) is 11.3. The number of para-hydroxylation sites is 1. The average Bonchev–Trinajstić information content (AvgIpc) is 3.50. The van der Waals surface area contributed by atoms with Gasteiger partial charge in [0.25, 0.3) is 0 Å². The summed E-state index contributed by atoms with van der Waals surface area (Å²) in [6.45, 7) is 0.639. The van der Waals surface area contributed by atoms with Crippen LogP contribution in [0.15, 0.2) is 90.6 Å². The Morgan fingerprint density at radius 2 is 1.68 bits per heavy atom. The van der Waals surface area contributed by atoms with Gasteiger partial charge in [-0.3, -0.25) is 4.57 Å². The van der Waals surface area contributed by atoms with Gasteiger partial charge in [0, 0.05) is 33.3 Å². The summed E-state index contributed by atoms with van der Waals surface area (Å²) in [7, 11) is 0. The average molecular weight is 466 g/mol. The van der Waals surface area contributed by atoms with Crippen molar-refractivity contribution in [1.29, 1.82) is 0 Å². The molecule has 0 fully saturated rings. The van der Waals surface area contributed by atoms with Crippen molar-refractivity contribution >= 4 is 38.4 Å². The number of fused-ring (bicyclic) bond motifs is 2. The highest BCUT2D eigenvalue weighted by Gasteiger charge is 2.17. The quantitative estimate of drug-likeness (QED) is 0.305. The molecule has 5 nitrogen and oxygen atoms in total. The largest absolute Gasteiger partial charge is 0.368 e. The number of imidazole rings is 1. The van der Waals surface area contributed by atoms with Crippen LogP contribution in [0.3, 0.4) is 0 Å². The van der Waals surface area contributed by atoms with Crippen LogP contribution >= 0.6 is 11.3 Å². The molecule has 0 bridgehead atoms. The molecule has 0 radical (unpaired) electrons. The molecule has 0 aliphatic carbocycles. The summed E-state index contributed by atoms with van der Waals surface area (Å²) in [5, 5.41) is 6.69. The summed E-state index contributed by atoms with van der Waals surface area (Å²) in [5.74, 6) is 1.12. The van der Waals surface area contributed by atoms with E-state index in [-0.39, 0.29) is 5.82 Å². The molecular formula is C27H20FN5S. The first-order chi connectivity index (χ1) is 16.8. The highest BCUT2D eigenvalue weighted by atomic mass is 32.1. The van der Waals surface area contributed by atoms with Gasteiger partial charge < -0.3 is 5.32 Å². The van der Waals surface area contributed by atoms with Crippen molar-refractivity contribution in [2.75, 3.05) is 11.9 Å². The number of thiophene rings is 1. The first-order valence-electron chi connectivity index (χ1n) is 11.0. The Hall–Kier alpha value is -4.10. The van der Waals surface area contributed by atoms with Crippen LogP contribution in [-0.2, 0) is 6.42 Å². The van der Waals surface area contributed by atoms with E-state index in [4.69, 9.17) is 9.97 Å². The van der Waals surface area contributed by atoms with E-state index < -0.39 is 0 Å². The SMILES string of the molecule is Fc1ccc(CCNc2nc(-c3csc4ccccc34)nc3c2ncn3-c2ccccc2)cc1. The van der Waals surface area contributed by atoms with Gasteiger partial charge in [-0.1, -0.05) is 48.5 Å². The number of benzene rings is 3. The van der Waals surface area contributed by atoms with E-state index in [0.717, 1.165) is 34.3 Å². The van der Waals surface area contributed by atoms with Crippen molar-refractivity contribution in [3.8, 4) is 17.1 Å². The Bertz CT molecular complexity index is 1590. The molecule has 3 aromatic heterocycles. The van der Waals surface area contributed by atoms with Crippen molar-refractivity contribution in [2.24, 2.45) is 0 Å². The number of halogens is 1. The number of hydrogen-bond donors (Lipinski definition) is 1.